The smallest absolute Gasteiger partial charge is 0.312 e. The van der Waals surface area contributed by atoms with Crippen molar-refractivity contribution in [3.8, 4) is 11.5 Å². The molecule has 2 aromatic rings. The maximum atomic E-state index is 12.9. The molecule has 0 bridgehead atoms. The summed E-state index contributed by atoms with van der Waals surface area (Å²) in [6.45, 7) is 0. The lowest BCUT2D eigenvalue weighted by Gasteiger charge is -2.02. The van der Waals surface area contributed by atoms with Gasteiger partial charge < -0.3 is 9.47 Å². The van der Waals surface area contributed by atoms with Gasteiger partial charge in [-0.15, -0.1) is 0 Å². The summed E-state index contributed by atoms with van der Waals surface area (Å²) in [6, 6.07) is 4.05. The average molecular weight is 500 g/mol. The number of rotatable bonds is 4. The number of hydrogen-bond acceptors (Lipinski definition) is 6. The number of nitro groups is 2. The van der Waals surface area contributed by atoms with Gasteiger partial charge in [0.15, 0.2) is 5.75 Å². The highest BCUT2D eigenvalue weighted by molar-refractivity contribution is 9.10. The van der Waals surface area contributed by atoms with Gasteiger partial charge in [0, 0.05) is 24.3 Å². The predicted octanol–water partition coefficient (Wildman–Crippen LogP) is 5.01. The summed E-state index contributed by atoms with van der Waals surface area (Å²) in [5.41, 5.74) is -0.844. The fourth-order valence-corrected chi connectivity index (χ4v) is 2.46. The zero-order chi connectivity index (χ0) is 20.0. The normalized spacial score (nSPS) is 9.77. The largest absolute Gasteiger partial charge is 0.495 e. The van der Waals surface area contributed by atoms with Gasteiger partial charge in [-0.2, -0.15) is 4.39 Å². The summed E-state index contributed by atoms with van der Waals surface area (Å²) in [5.74, 6) is -1.37. The van der Waals surface area contributed by atoms with Crippen LogP contribution in [0.1, 0.15) is 0 Å². The van der Waals surface area contributed by atoms with E-state index < -0.39 is 27.2 Å². The molecule has 0 aromatic heterocycles. The molecule has 0 aliphatic carbocycles. The van der Waals surface area contributed by atoms with E-state index in [4.69, 9.17) is 4.74 Å². The quantitative estimate of drug-likeness (QED) is 0.432. The standard InChI is InChI=1S/2C7H5BrFNO3/c1-13-7-3-5(9)6(10(11)12)2-4(7)8;1-13-7-3-5(9)4(8)2-6(7)10(11)12/h2*2-3H,1H3. The maximum absolute atomic E-state index is 12.9. The first-order chi connectivity index (χ1) is 12.1. The fourth-order valence-electron chi connectivity index (χ4n) is 1.64. The Morgan fingerprint density at radius 3 is 1.73 bits per heavy atom. The molecule has 2 aromatic carbocycles. The van der Waals surface area contributed by atoms with E-state index in [-0.39, 0.29) is 21.7 Å². The molecule has 26 heavy (non-hydrogen) atoms. The number of nitro benzene ring substituents is 2. The van der Waals surface area contributed by atoms with E-state index in [0.717, 1.165) is 24.3 Å². The van der Waals surface area contributed by atoms with Crippen LogP contribution < -0.4 is 9.47 Å². The van der Waals surface area contributed by atoms with Crippen molar-refractivity contribution in [1.82, 2.24) is 0 Å². The van der Waals surface area contributed by atoms with Crippen LogP contribution in [0.25, 0.3) is 0 Å². The third-order valence-electron chi connectivity index (χ3n) is 2.84. The minimum Gasteiger partial charge on any atom is -0.495 e. The minimum atomic E-state index is -0.912. The monoisotopic (exact) mass is 498 g/mol. The number of halogens is 4. The highest BCUT2D eigenvalue weighted by Crippen LogP contribution is 2.32. The Hall–Kier alpha value is -2.34. The Morgan fingerprint density at radius 2 is 1.27 bits per heavy atom. The first-order valence-electron chi connectivity index (χ1n) is 6.47. The van der Waals surface area contributed by atoms with Gasteiger partial charge in [0.2, 0.25) is 5.82 Å². The van der Waals surface area contributed by atoms with E-state index in [1.54, 1.807) is 0 Å². The highest BCUT2D eigenvalue weighted by Gasteiger charge is 2.18. The minimum absolute atomic E-state index is 0.0417. The molecular formula is C14H10Br2F2N2O6. The molecule has 0 saturated carbocycles. The first kappa shape index (κ1) is 21.7. The second kappa shape index (κ2) is 9.38. The SMILES string of the molecule is COc1cc(F)c(Br)cc1[N+](=O)[O-].COc1cc(F)c([N+](=O)[O-])cc1Br. The molecule has 0 saturated heterocycles. The molecule has 0 N–H and O–H groups in total. The van der Waals surface area contributed by atoms with Crippen LogP contribution in [-0.2, 0) is 0 Å². The predicted molar refractivity (Wildman–Crippen MR) is 94.6 cm³/mol. The molecule has 2 rings (SSSR count). The molecule has 12 heteroatoms. The molecule has 0 aliphatic heterocycles. The first-order valence-corrected chi connectivity index (χ1v) is 8.05. The van der Waals surface area contributed by atoms with E-state index in [9.17, 15) is 29.0 Å². The Balaban J connectivity index is 0.000000260. The van der Waals surface area contributed by atoms with Crippen molar-refractivity contribution in [2.75, 3.05) is 14.2 Å². The number of nitrogens with zero attached hydrogens (tertiary/aromatic N) is 2. The van der Waals surface area contributed by atoms with Crippen LogP contribution in [0.2, 0.25) is 0 Å². The van der Waals surface area contributed by atoms with Crippen LogP contribution in [0.15, 0.2) is 33.2 Å². The molecule has 0 amide bonds. The van der Waals surface area contributed by atoms with E-state index in [1.807, 2.05) is 0 Å². The number of hydrogen-bond donors (Lipinski definition) is 0. The third-order valence-corrected chi connectivity index (χ3v) is 4.06. The molecule has 0 spiro atoms. The van der Waals surface area contributed by atoms with E-state index in [1.165, 1.54) is 14.2 Å². The summed E-state index contributed by atoms with van der Waals surface area (Å²) >= 11 is 5.86. The third kappa shape index (κ3) is 5.33. The Bertz CT molecular complexity index is 851. The topological polar surface area (TPSA) is 105 Å². The van der Waals surface area contributed by atoms with Gasteiger partial charge in [0.1, 0.15) is 11.6 Å². The second-order valence-electron chi connectivity index (χ2n) is 4.39. The maximum Gasteiger partial charge on any atom is 0.312 e. The molecule has 8 nitrogen and oxygen atoms in total. The lowest BCUT2D eigenvalue weighted by molar-refractivity contribution is -0.387. The van der Waals surface area contributed by atoms with Crippen molar-refractivity contribution in [2.45, 2.75) is 0 Å². The van der Waals surface area contributed by atoms with Crippen LogP contribution in [0, 0.1) is 31.9 Å². The van der Waals surface area contributed by atoms with Gasteiger partial charge in [-0.3, -0.25) is 20.2 Å². The Labute approximate surface area is 162 Å². The van der Waals surface area contributed by atoms with Gasteiger partial charge in [-0.05, 0) is 31.9 Å². The molecule has 0 fully saturated rings. The van der Waals surface area contributed by atoms with E-state index in [2.05, 4.69) is 36.6 Å². The highest BCUT2D eigenvalue weighted by atomic mass is 79.9. The van der Waals surface area contributed by atoms with Gasteiger partial charge in [0.05, 0.1) is 33.0 Å². The summed E-state index contributed by atoms with van der Waals surface area (Å²) in [5, 5.41) is 20.7. The van der Waals surface area contributed by atoms with E-state index in [0.29, 0.717) is 4.47 Å². The van der Waals surface area contributed by atoms with Crippen molar-refractivity contribution >= 4 is 43.2 Å². The fraction of sp³-hybridized carbons (Fsp3) is 0.143. The average Bonchev–Trinajstić information content (AvgIpc) is 2.58. The van der Waals surface area contributed by atoms with Crippen molar-refractivity contribution in [3.05, 3.63) is 65.1 Å². The van der Waals surface area contributed by atoms with Gasteiger partial charge in [-0.1, -0.05) is 0 Å². The van der Waals surface area contributed by atoms with E-state index >= 15 is 0 Å². The summed E-state index contributed by atoms with van der Waals surface area (Å²) in [4.78, 5) is 19.3. The zero-order valence-corrected chi connectivity index (χ0v) is 16.3. The van der Waals surface area contributed by atoms with Gasteiger partial charge in [0.25, 0.3) is 0 Å². The molecule has 0 aliphatic rings. The molecule has 0 atom stereocenters. The second-order valence-corrected chi connectivity index (χ2v) is 6.10. The molecule has 140 valence electrons. The van der Waals surface area contributed by atoms with Crippen LogP contribution in [0.5, 0.6) is 11.5 Å². The number of ether oxygens (including phenoxy) is 2. The lowest BCUT2D eigenvalue weighted by Crippen LogP contribution is -1.94. The Morgan fingerprint density at radius 1 is 0.808 bits per heavy atom. The number of methoxy groups -OCH3 is 2. The molecule has 0 radical (unpaired) electrons. The summed E-state index contributed by atoms with van der Waals surface area (Å²) in [6.07, 6.45) is 0. The Kier molecular flexibility index (Phi) is 7.83. The zero-order valence-electron chi connectivity index (χ0n) is 13.2. The molecule has 0 heterocycles. The summed E-state index contributed by atoms with van der Waals surface area (Å²) in [7, 11) is 2.60. The van der Waals surface area contributed by atoms with Crippen LogP contribution in [0.4, 0.5) is 20.2 Å². The van der Waals surface area contributed by atoms with Gasteiger partial charge >= 0.3 is 11.4 Å². The lowest BCUT2D eigenvalue weighted by atomic mass is 10.3. The number of benzene rings is 2. The molecular weight excluding hydrogens is 490 g/mol. The summed E-state index contributed by atoms with van der Waals surface area (Å²) < 4.78 is 35.6. The van der Waals surface area contributed by atoms with Crippen molar-refractivity contribution < 1.29 is 28.1 Å². The van der Waals surface area contributed by atoms with Crippen molar-refractivity contribution in [1.29, 1.82) is 0 Å². The van der Waals surface area contributed by atoms with Crippen molar-refractivity contribution in [2.24, 2.45) is 0 Å². The van der Waals surface area contributed by atoms with Crippen molar-refractivity contribution in [3.63, 3.8) is 0 Å². The van der Waals surface area contributed by atoms with Gasteiger partial charge in [-0.25, -0.2) is 4.39 Å². The van der Waals surface area contributed by atoms with Crippen LogP contribution in [-0.4, -0.2) is 24.1 Å². The molecule has 0 unspecified atom stereocenters. The van der Waals surface area contributed by atoms with Crippen LogP contribution in [0.3, 0.4) is 0 Å². The van der Waals surface area contributed by atoms with Crippen LogP contribution >= 0.6 is 31.9 Å².